The number of carbonyl (C=O) groups excluding carboxylic acids is 1. The Morgan fingerprint density at radius 2 is 2.10 bits per heavy atom. The minimum Gasteiger partial charge on any atom is -0.469 e. The number of halogens is 3. The van der Waals surface area contributed by atoms with Gasteiger partial charge < -0.3 is 14.2 Å². The van der Waals surface area contributed by atoms with Crippen molar-refractivity contribution < 1.29 is 32.2 Å². The number of fused-ring (bicyclic) bond motifs is 1. The van der Waals surface area contributed by atoms with Crippen molar-refractivity contribution in [1.29, 1.82) is 0 Å². The summed E-state index contributed by atoms with van der Waals surface area (Å²) in [4.78, 5) is 16.5. The third kappa shape index (κ3) is 4.87. The second kappa shape index (κ2) is 8.67. The highest BCUT2D eigenvalue weighted by molar-refractivity contribution is 7.27. The van der Waals surface area contributed by atoms with Gasteiger partial charge in [-0.15, -0.1) is 9.24 Å². The summed E-state index contributed by atoms with van der Waals surface area (Å²) in [6.45, 7) is 0.153. The number of aromatic nitrogens is 1. The molecule has 0 saturated heterocycles. The van der Waals surface area contributed by atoms with E-state index in [0.29, 0.717) is 29.3 Å². The first-order valence-corrected chi connectivity index (χ1v) is 9.65. The Balaban J connectivity index is 2.08. The fourth-order valence-corrected chi connectivity index (χ4v) is 3.43. The highest BCUT2D eigenvalue weighted by atomic mass is 31.0. The molecular formula is C20H21F3NO4P. The van der Waals surface area contributed by atoms with Crippen molar-refractivity contribution in [2.24, 2.45) is 0 Å². The number of esters is 1. The Bertz CT molecular complexity index is 925. The highest BCUT2D eigenvalue weighted by Crippen LogP contribution is 2.39. The summed E-state index contributed by atoms with van der Waals surface area (Å²) in [6.07, 6.45) is 0.759. The van der Waals surface area contributed by atoms with E-state index < -0.39 is 24.0 Å². The molecular weight excluding hydrogens is 406 g/mol. The summed E-state index contributed by atoms with van der Waals surface area (Å²) in [5, 5.41) is 0.674. The van der Waals surface area contributed by atoms with Gasteiger partial charge in [-0.3, -0.25) is 0 Å². The monoisotopic (exact) mass is 427 g/mol. The van der Waals surface area contributed by atoms with Gasteiger partial charge in [0.1, 0.15) is 11.4 Å². The summed E-state index contributed by atoms with van der Waals surface area (Å²) in [5.41, 5.74) is 0.245. The minimum atomic E-state index is -2.93. The lowest BCUT2D eigenvalue weighted by Crippen LogP contribution is -2.42. The normalized spacial score (nSPS) is 18.3. The van der Waals surface area contributed by atoms with Crippen LogP contribution in [0.25, 0.3) is 11.1 Å². The largest absolute Gasteiger partial charge is 0.469 e. The molecule has 2 heterocycles. The van der Waals surface area contributed by atoms with Gasteiger partial charge in [0.05, 0.1) is 13.2 Å². The maximum atomic E-state index is 14.7. The SMILES string of the molecule is CCOC(=O)c1cc(-c2ccc(P)cc2F)c2c(n1)OC(C)(COC(F)F)CC2. The van der Waals surface area contributed by atoms with Crippen LogP contribution in [-0.4, -0.2) is 36.4 Å². The standard InChI is InChI=1S/C20H21F3NO4P/c1-3-26-18(25)16-9-14(12-5-4-11(29)8-15(12)21)13-6-7-20(2,10-27-19(22)23)28-17(13)24-16/h4-5,8-9,19H,3,6-7,10,29H2,1-2H3. The summed E-state index contributed by atoms with van der Waals surface area (Å²) in [5.74, 6) is -1.05. The molecule has 5 nitrogen and oxygen atoms in total. The molecule has 9 heteroatoms. The van der Waals surface area contributed by atoms with E-state index in [1.165, 1.54) is 12.1 Å². The molecule has 0 spiro atoms. The van der Waals surface area contributed by atoms with Crippen LogP contribution in [0, 0.1) is 5.82 Å². The summed E-state index contributed by atoms with van der Waals surface area (Å²) in [6, 6.07) is 6.17. The average molecular weight is 427 g/mol. The topological polar surface area (TPSA) is 57.7 Å². The number of benzene rings is 1. The maximum Gasteiger partial charge on any atom is 0.357 e. The second-order valence-electron chi connectivity index (χ2n) is 6.92. The van der Waals surface area contributed by atoms with Crippen LogP contribution in [-0.2, 0) is 15.9 Å². The van der Waals surface area contributed by atoms with Crippen LogP contribution in [0.15, 0.2) is 24.3 Å². The first-order chi connectivity index (χ1) is 13.7. The number of hydrogen-bond acceptors (Lipinski definition) is 5. The third-order valence-electron chi connectivity index (χ3n) is 4.62. The van der Waals surface area contributed by atoms with Crippen LogP contribution in [0.4, 0.5) is 13.2 Å². The fraction of sp³-hybridized carbons (Fsp3) is 0.400. The van der Waals surface area contributed by atoms with Gasteiger partial charge >= 0.3 is 12.6 Å². The number of hydrogen-bond donors (Lipinski definition) is 0. The van der Waals surface area contributed by atoms with Crippen molar-refractivity contribution >= 4 is 20.5 Å². The Morgan fingerprint density at radius 3 is 2.76 bits per heavy atom. The Hall–Kier alpha value is -2.18. The lowest BCUT2D eigenvalue weighted by Gasteiger charge is -2.35. The van der Waals surface area contributed by atoms with E-state index in [1.807, 2.05) is 0 Å². The van der Waals surface area contributed by atoms with Gasteiger partial charge in [-0.25, -0.2) is 14.2 Å². The van der Waals surface area contributed by atoms with E-state index in [1.54, 1.807) is 26.0 Å². The molecule has 2 unspecified atom stereocenters. The van der Waals surface area contributed by atoms with E-state index in [9.17, 15) is 18.0 Å². The number of nitrogens with zero attached hydrogens (tertiary/aromatic N) is 1. The predicted octanol–water partition coefficient (Wildman–Crippen LogP) is 3.89. The van der Waals surface area contributed by atoms with Crippen LogP contribution in [0.2, 0.25) is 0 Å². The molecule has 1 aromatic heterocycles. The van der Waals surface area contributed by atoms with Gasteiger partial charge in [0.2, 0.25) is 5.88 Å². The molecule has 1 aliphatic rings. The van der Waals surface area contributed by atoms with Gasteiger partial charge in [-0.05, 0) is 49.7 Å². The van der Waals surface area contributed by atoms with Crippen LogP contribution >= 0.6 is 9.24 Å². The number of alkyl halides is 2. The van der Waals surface area contributed by atoms with E-state index in [4.69, 9.17) is 9.47 Å². The molecule has 0 aliphatic carbocycles. The van der Waals surface area contributed by atoms with E-state index in [-0.39, 0.29) is 30.4 Å². The second-order valence-corrected chi connectivity index (χ2v) is 7.59. The van der Waals surface area contributed by atoms with Gasteiger partial charge in [0.25, 0.3) is 0 Å². The van der Waals surface area contributed by atoms with Crippen molar-refractivity contribution in [3.8, 4) is 17.0 Å². The molecule has 0 saturated carbocycles. The Kier molecular flexibility index (Phi) is 6.44. The van der Waals surface area contributed by atoms with Crippen molar-refractivity contribution in [1.82, 2.24) is 4.98 Å². The van der Waals surface area contributed by atoms with Crippen LogP contribution < -0.4 is 10.0 Å². The molecule has 0 bridgehead atoms. The lowest BCUT2D eigenvalue weighted by molar-refractivity contribution is -0.164. The first-order valence-electron chi connectivity index (χ1n) is 9.07. The fourth-order valence-electron chi connectivity index (χ4n) is 3.19. The van der Waals surface area contributed by atoms with Crippen molar-refractivity contribution in [2.45, 2.75) is 38.9 Å². The molecule has 2 atom stereocenters. The lowest BCUT2D eigenvalue weighted by atomic mass is 9.89. The van der Waals surface area contributed by atoms with E-state index in [0.717, 1.165) is 0 Å². The number of rotatable bonds is 6. The van der Waals surface area contributed by atoms with Crippen LogP contribution in [0.5, 0.6) is 5.88 Å². The van der Waals surface area contributed by atoms with Crippen LogP contribution in [0.3, 0.4) is 0 Å². The molecule has 1 aromatic carbocycles. The molecule has 0 radical (unpaired) electrons. The zero-order valence-corrected chi connectivity index (χ0v) is 17.2. The smallest absolute Gasteiger partial charge is 0.357 e. The zero-order valence-electron chi connectivity index (χ0n) is 16.0. The Morgan fingerprint density at radius 1 is 1.34 bits per heavy atom. The van der Waals surface area contributed by atoms with Gasteiger partial charge in [-0.1, -0.05) is 12.1 Å². The zero-order chi connectivity index (χ0) is 21.2. The summed E-state index contributed by atoms with van der Waals surface area (Å²) in [7, 11) is 2.42. The molecule has 2 aromatic rings. The first kappa shape index (κ1) is 21.5. The predicted molar refractivity (Wildman–Crippen MR) is 104 cm³/mol. The molecule has 156 valence electrons. The molecule has 0 amide bonds. The molecule has 3 rings (SSSR count). The number of carbonyl (C=O) groups is 1. The number of ether oxygens (including phenoxy) is 3. The average Bonchev–Trinajstić information content (AvgIpc) is 2.66. The maximum absolute atomic E-state index is 14.7. The molecule has 1 aliphatic heterocycles. The van der Waals surface area contributed by atoms with Crippen molar-refractivity contribution in [3.05, 3.63) is 41.3 Å². The molecule has 0 fully saturated rings. The Labute approximate surface area is 168 Å². The minimum absolute atomic E-state index is 0.0472. The highest BCUT2D eigenvalue weighted by Gasteiger charge is 2.36. The quantitative estimate of drug-likeness (QED) is 0.517. The van der Waals surface area contributed by atoms with E-state index >= 15 is 0 Å². The third-order valence-corrected chi connectivity index (χ3v) is 4.97. The summed E-state index contributed by atoms with van der Waals surface area (Å²) < 4.78 is 54.9. The van der Waals surface area contributed by atoms with Gasteiger partial charge in [-0.2, -0.15) is 8.78 Å². The van der Waals surface area contributed by atoms with Crippen LogP contribution in [0.1, 0.15) is 36.3 Å². The van der Waals surface area contributed by atoms with Gasteiger partial charge in [0, 0.05) is 11.1 Å². The van der Waals surface area contributed by atoms with E-state index in [2.05, 4.69) is 19.0 Å². The number of pyridine rings is 1. The summed E-state index contributed by atoms with van der Waals surface area (Å²) >= 11 is 0. The van der Waals surface area contributed by atoms with Gasteiger partial charge in [0.15, 0.2) is 5.69 Å². The van der Waals surface area contributed by atoms with Crippen molar-refractivity contribution in [3.63, 3.8) is 0 Å². The molecule has 29 heavy (non-hydrogen) atoms. The molecule has 0 N–H and O–H groups in total. The van der Waals surface area contributed by atoms with Crippen molar-refractivity contribution in [2.75, 3.05) is 13.2 Å².